The summed E-state index contributed by atoms with van der Waals surface area (Å²) in [5.41, 5.74) is 7.49. The standard InChI is InChI=1S/C17H21ClN4O/c18-14-4-6-15(7-5-14)22-12-13(10-20-22)11-21-8-2-1-3-16(21)9-17(19)23/h4-7,10,12,16H,1-3,8-9,11H2,(H2,19,23)/t16-/m0/s1. The van der Waals surface area contributed by atoms with Gasteiger partial charge < -0.3 is 5.73 Å². The van der Waals surface area contributed by atoms with Gasteiger partial charge in [0.15, 0.2) is 0 Å². The van der Waals surface area contributed by atoms with E-state index in [1.807, 2.05) is 41.3 Å². The fourth-order valence-corrected chi connectivity index (χ4v) is 3.27. The first-order chi connectivity index (χ1) is 11.1. The van der Waals surface area contributed by atoms with Gasteiger partial charge in [0.1, 0.15) is 0 Å². The van der Waals surface area contributed by atoms with Crippen molar-refractivity contribution in [3.63, 3.8) is 0 Å². The zero-order chi connectivity index (χ0) is 16.2. The van der Waals surface area contributed by atoms with Crippen LogP contribution in [0.25, 0.3) is 5.69 Å². The second-order valence-electron chi connectivity index (χ2n) is 6.06. The molecule has 1 amide bonds. The number of hydrogen-bond donors (Lipinski definition) is 1. The molecular weight excluding hydrogens is 312 g/mol. The average Bonchev–Trinajstić information content (AvgIpc) is 2.98. The Morgan fingerprint density at radius 2 is 2.09 bits per heavy atom. The van der Waals surface area contributed by atoms with E-state index in [1.54, 1.807) is 0 Å². The topological polar surface area (TPSA) is 64.2 Å². The van der Waals surface area contributed by atoms with Gasteiger partial charge in [0.2, 0.25) is 5.91 Å². The smallest absolute Gasteiger partial charge is 0.218 e. The number of hydrogen-bond acceptors (Lipinski definition) is 3. The molecule has 23 heavy (non-hydrogen) atoms. The van der Waals surface area contributed by atoms with E-state index in [0.717, 1.165) is 30.8 Å². The van der Waals surface area contributed by atoms with Gasteiger partial charge in [-0.25, -0.2) is 4.68 Å². The average molecular weight is 333 g/mol. The summed E-state index contributed by atoms with van der Waals surface area (Å²) < 4.78 is 1.85. The highest BCUT2D eigenvalue weighted by Gasteiger charge is 2.24. The van der Waals surface area contributed by atoms with Gasteiger partial charge in [0.25, 0.3) is 0 Å². The van der Waals surface area contributed by atoms with Crippen LogP contribution in [-0.4, -0.2) is 33.2 Å². The highest BCUT2D eigenvalue weighted by Crippen LogP contribution is 2.22. The van der Waals surface area contributed by atoms with Crippen LogP contribution in [0.5, 0.6) is 0 Å². The Hall–Kier alpha value is -1.85. The molecule has 1 aromatic carbocycles. The zero-order valence-electron chi connectivity index (χ0n) is 13.0. The normalized spacial score (nSPS) is 18.9. The first kappa shape index (κ1) is 16.0. The summed E-state index contributed by atoms with van der Waals surface area (Å²) in [6, 6.07) is 7.84. The molecule has 0 aliphatic carbocycles. The number of amides is 1. The third-order valence-electron chi connectivity index (χ3n) is 4.30. The lowest BCUT2D eigenvalue weighted by Crippen LogP contribution is -2.41. The minimum Gasteiger partial charge on any atom is -0.370 e. The first-order valence-electron chi connectivity index (χ1n) is 7.93. The summed E-state index contributed by atoms with van der Waals surface area (Å²) in [7, 11) is 0. The van der Waals surface area contributed by atoms with Gasteiger partial charge in [-0.1, -0.05) is 18.0 Å². The number of benzene rings is 1. The van der Waals surface area contributed by atoms with Gasteiger partial charge in [0, 0.05) is 35.8 Å². The molecule has 0 spiro atoms. The Bertz CT molecular complexity index is 667. The molecule has 1 aliphatic heterocycles. The van der Waals surface area contributed by atoms with Crippen molar-refractivity contribution in [1.29, 1.82) is 0 Å². The van der Waals surface area contributed by atoms with Crippen LogP contribution in [0.1, 0.15) is 31.2 Å². The monoisotopic (exact) mass is 332 g/mol. The van der Waals surface area contributed by atoms with Crippen molar-refractivity contribution in [2.75, 3.05) is 6.54 Å². The molecule has 1 aromatic heterocycles. The Kier molecular flexibility index (Phi) is 4.98. The number of nitrogens with zero attached hydrogens (tertiary/aromatic N) is 3. The van der Waals surface area contributed by atoms with Crippen molar-refractivity contribution in [2.45, 2.75) is 38.3 Å². The maximum Gasteiger partial charge on any atom is 0.218 e. The second-order valence-corrected chi connectivity index (χ2v) is 6.50. The van der Waals surface area contributed by atoms with Gasteiger partial charge in [-0.15, -0.1) is 0 Å². The molecule has 3 rings (SSSR count). The molecule has 1 aliphatic rings. The number of piperidine rings is 1. The summed E-state index contributed by atoms with van der Waals surface area (Å²) in [4.78, 5) is 13.6. The lowest BCUT2D eigenvalue weighted by molar-refractivity contribution is -0.119. The highest BCUT2D eigenvalue weighted by atomic mass is 35.5. The lowest BCUT2D eigenvalue weighted by Gasteiger charge is -2.34. The van der Waals surface area contributed by atoms with Crippen molar-refractivity contribution < 1.29 is 4.79 Å². The van der Waals surface area contributed by atoms with E-state index in [9.17, 15) is 4.79 Å². The van der Waals surface area contributed by atoms with E-state index in [-0.39, 0.29) is 11.9 Å². The van der Waals surface area contributed by atoms with Crippen molar-refractivity contribution >= 4 is 17.5 Å². The van der Waals surface area contributed by atoms with E-state index in [2.05, 4.69) is 10.00 Å². The zero-order valence-corrected chi connectivity index (χ0v) is 13.7. The first-order valence-corrected chi connectivity index (χ1v) is 8.31. The van der Waals surface area contributed by atoms with Gasteiger partial charge in [-0.3, -0.25) is 9.69 Å². The van der Waals surface area contributed by atoms with Gasteiger partial charge in [0.05, 0.1) is 11.9 Å². The third kappa shape index (κ3) is 4.12. The molecule has 6 heteroatoms. The summed E-state index contributed by atoms with van der Waals surface area (Å²) >= 11 is 5.92. The number of nitrogens with two attached hydrogens (primary N) is 1. The number of aromatic nitrogens is 2. The van der Waals surface area contributed by atoms with Crippen molar-refractivity contribution in [1.82, 2.24) is 14.7 Å². The van der Waals surface area contributed by atoms with Crippen LogP contribution < -0.4 is 5.73 Å². The predicted molar refractivity (Wildman–Crippen MR) is 90.4 cm³/mol. The third-order valence-corrected chi connectivity index (χ3v) is 4.55. The minimum absolute atomic E-state index is 0.223. The Morgan fingerprint density at radius 1 is 1.30 bits per heavy atom. The quantitative estimate of drug-likeness (QED) is 0.915. The van der Waals surface area contributed by atoms with Gasteiger partial charge in [-0.2, -0.15) is 5.10 Å². The molecule has 1 fully saturated rings. The predicted octanol–water partition coefficient (Wildman–Crippen LogP) is 2.76. The number of carbonyl (C=O) groups excluding carboxylic acids is 1. The summed E-state index contributed by atoms with van der Waals surface area (Å²) in [6.07, 6.45) is 7.71. The number of halogens is 1. The Morgan fingerprint density at radius 3 is 2.83 bits per heavy atom. The Balaban J connectivity index is 1.70. The molecule has 0 bridgehead atoms. The van der Waals surface area contributed by atoms with E-state index >= 15 is 0 Å². The molecule has 0 unspecified atom stereocenters. The van der Waals surface area contributed by atoms with Crippen LogP contribution in [0.15, 0.2) is 36.7 Å². The maximum atomic E-state index is 11.3. The number of carbonyl (C=O) groups is 1. The molecule has 1 atom stereocenters. The van der Waals surface area contributed by atoms with Gasteiger partial charge >= 0.3 is 0 Å². The SMILES string of the molecule is NC(=O)C[C@@H]1CCCCN1Cc1cnn(-c2ccc(Cl)cc2)c1. The molecule has 2 heterocycles. The van der Waals surface area contributed by atoms with Crippen LogP contribution in [-0.2, 0) is 11.3 Å². The number of primary amides is 1. The van der Waals surface area contributed by atoms with E-state index in [1.165, 1.54) is 12.8 Å². The van der Waals surface area contributed by atoms with E-state index < -0.39 is 0 Å². The van der Waals surface area contributed by atoms with E-state index in [4.69, 9.17) is 17.3 Å². The van der Waals surface area contributed by atoms with Crippen LogP contribution in [0.4, 0.5) is 0 Å². The molecule has 5 nitrogen and oxygen atoms in total. The largest absolute Gasteiger partial charge is 0.370 e. The molecular formula is C17H21ClN4O. The Labute approximate surface area is 141 Å². The summed E-state index contributed by atoms with van der Waals surface area (Å²) in [5, 5.41) is 5.13. The van der Waals surface area contributed by atoms with Crippen molar-refractivity contribution in [3.8, 4) is 5.69 Å². The lowest BCUT2D eigenvalue weighted by atomic mass is 9.98. The maximum absolute atomic E-state index is 11.3. The summed E-state index contributed by atoms with van der Waals surface area (Å²) in [6.45, 7) is 1.80. The van der Waals surface area contributed by atoms with Crippen LogP contribution in [0.2, 0.25) is 5.02 Å². The van der Waals surface area contributed by atoms with Crippen LogP contribution in [0.3, 0.4) is 0 Å². The molecule has 1 saturated heterocycles. The molecule has 2 N–H and O–H groups in total. The van der Waals surface area contributed by atoms with Crippen LogP contribution in [0, 0.1) is 0 Å². The number of likely N-dealkylation sites (tertiary alicyclic amines) is 1. The second kappa shape index (κ2) is 7.15. The fourth-order valence-electron chi connectivity index (χ4n) is 3.14. The highest BCUT2D eigenvalue weighted by molar-refractivity contribution is 6.30. The minimum atomic E-state index is -0.223. The number of rotatable bonds is 5. The summed E-state index contributed by atoms with van der Waals surface area (Å²) in [5.74, 6) is -0.223. The molecule has 122 valence electrons. The molecule has 2 aromatic rings. The van der Waals surface area contributed by atoms with Crippen molar-refractivity contribution in [3.05, 3.63) is 47.2 Å². The van der Waals surface area contributed by atoms with Crippen molar-refractivity contribution in [2.24, 2.45) is 5.73 Å². The van der Waals surface area contributed by atoms with Gasteiger partial charge in [-0.05, 0) is 43.7 Å². The molecule has 0 saturated carbocycles. The molecule has 0 radical (unpaired) electrons. The van der Waals surface area contributed by atoms with Crippen LogP contribution >= 0.6 is 11.6 Å². The fraction of sp³-hybridized carbons (Fsp3) is 0.412. The van der Waals surface area contributed by atoms with E-state index in [0.29, 0.717) is 11.4 Å².